The van der Waals surface area contributed by atoms with Gasteiger partial charge in [0.1, 0.15) is 0 Å². The second kappa shape index (κ2) is 5.83. The summed E-state index contributed by atoms with van der Waals surface area (Å²) in [5, 5.41) is 3.46. The Morgan fingerprint density at radius 2 is 2.20 bits per heavy atom. The summed E-state index contributed by atoms with van der Waals surface area (Å²) in [6, 6.07) is 0.609. The zero-order valence-electron chi connectivity index (χ0n) is 10.7. The van der Waals surface area contributed by atoms with Gasteiger partial charge in [-0.15, -0.1) is 0 Å². The summed E-state index contributed by atoms with van der Waals surface area (Å²) in [7, 11) is 1.78. The van der Waals surface area contributed by atoms with Crippen LogP contribution in [0.25, 0.3) is 0 Å². The Labute approximate surface area is 94.2 Å². The second-order valence-corrected chi connectivity index (χ2v) is 5.29. The lowest BCUT2D eigenvalue weighted by Crippen LogP contribution is -2.42. The summed E-state index contributed by atoms with van der Waals surface area (Å²) in [6.07, 6.45) is 1.29. The third-order valence-electron chi connectivity index (χ3n) is 3.35. The zero-order valence-corrected chi connectivity index (χ0v) is 10.7. The van der Waals surface area contributed by atoms with Gasteiger partial charge in [-0.05, 0) is 32.2 Å². The van der Waals surface area contributed by atoms with Gasteiger partial charge in [-0.25, -0.2) is 0 Å². The van der Waals surface area contributed by atoms with Gasteiger partial charge in [0.25, 0.3) is 0 Å². The van der Waals surface area contributed by atoms with Crippen LogP contribution in [-0.2, 0) is 4.74 Å². The van der Waals surface area contributed by atoms with Gasteiger partial charge in [0, 0.05) is 32.8 Å². The molecule has 0 bridgehead atoms. The van der Waals surface area contributed by atoms with Gasteiger partial charge in [-0.1, -0.05) is 6.92 Å². The topological polar surface area (TPSA) is 24.5 Å². The van der Waals surface area contributed by atoms with E-state index in [2.05, 4.69) is 31.0 Å². The van der Waals surface area contributed by atoms with Gasteiger partial charge < -0.3 is 10.1 Å². The van der Waals surface area contributed by atoms with Crippen molar-refractivity contribution >= 4 is 0 Å². The number of nitrogens with zero attached hydrogens (tertiary/aromatic N) is 1. The van der Waals surface area contributed by atoms with Crippen LogP contribution in [0.4, 0.5) is 0 Å². The van der Waals surface area contributed by atoms with Crippen LogP contribution in [0.2, 0.25) is 0 Å². The van der Waals surface area contributed by atoms with Crippen molar-refractivity contribution in [2.75, 3.05) is 39.9 Å². The molecule has 0 amide bonds. The highest BCUT2D eigenvalue weighted by atomic mass is 16.5. The summed E-state index contributed by atoms with van der Waals surface area (Å²) in [5.41, 5.74) is 0.456. The van der Waals surface area contributed by atoms with E-state index in [1.807, 2.05) is 0 Å². The first-order valence-electron chi connectivity index (χ1n) is 6.01. The number of hydrogen-bond acceptors (Lipinski definition) is 3. The predicted octanol–water partition coefficient (Wildman–Crippen LogP) is 1.34. The van der Waals surface area contributed by atoms with Crippen LogP contribution in [0.15, 0.2) is 0 Å². The van der Waals surface area contributed by atoms with E-state index in [0.717, 1.165) is 19.7 Å². The van der Waals surface area contributed by atoms with Crippen LogP contribution in [0.1, 0.15) is 27.2 Å². The van der Waals surface area contributed by atoms with Crippen LogP contribution in [0, 0.1) is 5.41 Å². The number of hydrogen-bond donors (Lipinski definition) is 1. The molecule has 1 rings (SSSR count). The number of ether oxygens (including phenoxy) is 1. The lowest BCUT2D eigenvalue weighted by Gasteiger charge is -2.34. The van der Waals surface area contributed by atoms with Gasteiger partial charge in [0.2, 0.25) is 0 Å². The van der Waals surface area contributed by atoms with Gasteiger partial charge in [-0.3, -0.25) is 4.90 Å². The van der Waals surface area contributed by atoms with Gasteiger partial charge in [-0.2, -0.15) is 0 Å². The fourth-order valence-corrected chi connectivity index (χ4v) is 2.22. The maximum Gasteiger partial charge on any atom is 0.0589 e. The second-order valence-electron chi connectivity index (χ2n) is 5.29. The molecule has 3 heteroatoms. The molecular weight excluding hydrogens is 188 g/mol. The van der Waals surface area contributed by atoms with Crippen molar-refractivity contribution < 1.29 is 4.74 Å². The molecule has 1 fully saturated rings. The summed E-state index contributed by atoms with van der Waals surface area (Å²) in [5.74, 6) is 0. The average Bonchev–Trinajstić information content (AvgIpc) is 2.59. The molecule has 3 nitrogen and oxygen atoms in total. The minimum atomic E-state index is 0.456. The molecule has 90 valence electrons. The van der Waals surface area contributed by atoms with Crippen molar-refractivity contribution in [3.05, 3.63) is 0 Å². The van der Waals surface area contributed by atoms with Crippen molar-refractivity contribution in [1.82, 2.24) is 10.2 Å². The van der Waals surface area contributed by atoms with E-state index >= 15 is 0 Å². The first-order valence-corrected chi connectivity index (χ1v) is 6.01. The molecule has 1 unspecified atom stereocenters. The molecule has 0 spiro atoms. The van der Waals surface area contributed by atoms with E-state index in [1.54, 1.807) is 7.11 Å². The molecule has 1 atom stereocenters. The van der Waals surface area contributed by atoms with Crippen molar-refractivity contribution in [3.63, 3.8) is 0 Å². The van der Waals surface area contributed by atoms with E-state index < -0.39 is 0 Å². The summed E-state index contributed by atoms with van der Waals surface area (Å²) < 4.78 is 5.16. The molecule has 1 aliphatic heterocycles. The first-order chi connectivity index (χ1) is 7.07. The van der Waals surface area contributed by atoms with Crippen molar-refractivity contribution in [3.8, 4) is 0 Å². The van der Waals surface area contributed by atoms with E-state index in [9.17, 15) is 0 Å². The van der Waals surface area contributed by atoms with Gasteiger partial charge >= 0.3 is 0 Å². The lowest BCUT2D eigenvalue weighted by atomic mass is 9.89. The molecular formula is C12H26N2O. The summed E-state index contributed by atoms with van der Waals surface area (Å²) >= 11 is 0. The monoisotopic (exact) mass is 214 g/mol. The van der Waals surface area contributed by atoms with Crippen LogP contribution in [0.5, 0.6) is 0 Å². The minimum Gasteiger partial charge on any atom is -0.383 e. The maximum absolute atomic E-state index is 5.16. The van der Waals surface area contributed by atoms with Crippen LogP contribution in [-0.4, -0.2) is 50.8 Å². The Balaban J connectivity index is 2.42. The molecule has 0 aromatic carbocycles. The molecule has 0 aromatic rings. The standard InChI is InChI=1S/C12H26N2O/c1-11(2)14(7-8-15-4)10-12(3)5-6-13-9-12/h11,13H,5-10H2,1-4H3. The summed E-state index contributed by atoms with van der Waals surface area (Å²) in [6.45, 7) is 12.3. The largest absolute Gasteiger partial charge is 0.383 e. The van der Waals surface area contributed by atoms with E-state index in [-0.39, 0.29) is 0 Å². The molecule has 1 aliphatic rings. The fraction of sp³-hybridized carbons (Fsp3) is 1.00. The molecule has 0 radical (unpaired) electrons. The third-order valence-corrected chi connectivity index (χ3v) is 3.35. The highest BCUT2D eigenvalue weighted by Gasteiger charge is 2.31. The average molecular weight is 214 g/mol. The smallest absolute Gasteiger partial charge is 0.0589 e. The molecule has 1 heterocycles. The fourth-order valence-electron chi connectivity index (χ4n) is 2.22. The zero-order chi connectivity index (χ0) is 11.3. The highest BCUT2D eigenvalue weighted by molar-refractivity contribution is 4.87. The van der Waals surface area contributed by atoms with Crippen LogP contribution >= 0.6 is 0 Å². The van der Waals surface area contributed by atoms with E-state index in [4.69, 9.17) is 4.74 Å². The molecule has 15 heavy (non-hydrogen) atoms. The van der Waals surface area contributed by atoms with E-state index in [1.165, 1.54) is 19.5 Å². The molecule has 1 N–H and O–H groups in total. The number of rotatable bonds is 6. The Hall–Kier alpha value is -0.120. The first kappa shape index (κ1) is 12.9. The normalized spacial score (nSPS) is 26.8. The summed E-state index contributed by atoms with van der Waals surface area (Å²) in [4.78, 5) is 2.52. The van der Waals surface area contributed by atoms with E-state index in [0.29, 0.717) is 11.5 Å². The Kier molecular flexibility index (Phi) is 5.03. The van der Waals surface area contributed by atoms with Gasteiger partial charge in [0.05, 0.1) is 6.61 Å². The highest BCUT2D eigenvalue weighted by Crippen LogP contribution is 2.26. The molecule has 0 saturated carbocycles. The molecule has 0 aromatic heterocycles. The third kappa shape index (κ3) is 4.09. The Morgan fingerprint density at radius 1 is 1.47 bits per heavy atom. The predicted molar refractivity (Wildman–Crippen MR) is 64.2 cm³/mol. The number of methoxy groups -OCH3 is 1. The lowest BCUT2D eigenvalue weighted by molar-refractivity contribution is 0.0967. The molecule has 1 saturated heterocycles. The molecule has 0 aliphatic carbocycles. The maximum atomic E-state index is 5.16. The van der Waals surface area contributed by atoms with Gasteiger partial charge in [0.15, 0.2) is 0 Å². The SMILES string of the molecule is COCCN(CC1(C)CCNC1)C(C)C. The quantitative estimate of drug-likeness (QED) is 0.722. The van der Waals surface area contributed by atoms with Crippen molar-refractivity contribution in [1.29, 1.82) is 0 Å². The number of nitrogens with one attached hydrogen (secondary N) is 1. The van der Waals surface area contributed by atoms with Crippen LogP contribution < -0.4 is 5.32 Å². The van der Waals surface area contributed by atoms with Crippen molar-refractivity contribution in [2.24, 2.45) is 5.41 Å². The van der Waals surface area contributed by atoms with Crippen LogP contribution in [0.3, 0.4) is 0 Å². The van der Waals surface area contributed by atoms with Crippen molar-refractivity contribution in [2.45, 2.75) is 33.2 Å². The Morgan fingerprint density at radius 3 is 2.67 bits per heavy atom. The minimum absolute atomic E-state index is 0.456. The Bertz CT molecular complexity index is 176.